The Hall–Kier alpha value is -2.72. The van der Waals surface area contributed by atoms with E-state index in [1.54, 1.807) is 12.1 Å². The fraction of sp³-hybridized carbons (Fsp3) is 0.500. The molecule has 9 nitrogen and oxygen atoms in total. The molecular weight excluding hydrogens is 430 g/mol. The van der Waals surface area contributed by atoms with Gasteiger partial charge in [0.25, 0.3) is 0 Å². The van der Waals surface area contributed by atoms with Crippen molar-refractivity contribution < 1.29 is 17.9 Å². The lowest BCUT2D eigenvalue weighted by Gasteiger charge is -2.30. The topological polar surface area (TPSA) is 119 Å². The Morgan fingerprint density at radius 2 is 1.84 bits per heavy atom. The molecule has 3 rings (SSSR count). The summed E-state index contributed by atoms with van der Waals surface area (Å²) in [6, 6.07) is 8.40. The highest BCUT2D eigenvalue weighted by molar-refractivity contribution is 7.89. The van der Waals surface area contributed by atoms with Crippen LogP contribution in [-0.4, -0.2) is 63.5 Å². The molecule has 2 aromatic rings. The van der Waals surface area contributed by atoms with Gasteiger partial charge in [-0.25, -0.2) is 23.2 Å². The smallest absolute Gasteiger partial charge is 0.319 e. The summed E-state index contributed by atoms with van der Waals surface area (Å²) < 4.78 is 29.4. The van der Waals surface area contributed by atoms with Gasteiger partial charge in [0.2, 0.25) is 0 Å². The first kappa shape index (κ1) is 23.9. The number of aromatic nitrogens is 2. The monoisotopic (exact) mass is 461 g/mol. The van der Waals surface area contributed by atoms with E-state index in [-0.39, 0.29) is 11.2 Å². The Kier molecular flexibility index (Phi) is 7.04. The molecule has 1 fully saturated rings. The van der Waals surface area contributed by atoms with Gasteiger partial charge in [-0.05, 0) is 17.5 Å². The number of hydrogen-bond acceptors (Lipinski definition) is 7. The maximum absolute atomic E-state index is 12.3. The maximum atomic E-state index is 12.3. The van der Waals surface area contributed by atoms with Crippen molar-refractivity contribution in [3.05, 3.63) is 36.0 Å². The summed E-state index contributed by atoms with van der Waals surface area (Å²) in [6.45, 7) is 8.89. The molecule has 32 heavy (non-hydrogen) atoms. The van der Waals surface area contributed by atoms with Crippen molar-refractivity contribution in [1.29, 1.82) is 0 Å². The number of benzene rings is 1. The largest absolute Gasteiger partial charge is 0.378 e. The number of carbonyl (C=O) groups excluding carboxylic acids is 1. The van der Waals surface area contributed by atoms with Crippen molar-refractivity contribution in [2.75, 3.05) is 48.9 Å². The van der Waals surface area contributed by atoms with E-state index in [0.717, 1.165) is 0 Å². The molecule has 1 aliphatic heterocycles. The van der Waals surface area contributed by atoms with Crippen LogP contribution in [0.3, 0.4) is 0 Å². The summed E-state index contributed by atoms with van der Waals surface area (Å²) in [5.74, 6) is 0.778. The number of para-hydroxylation sites is 1. The molecule has 2 amide bonds. The second-order valence-corrected chi connectivity index (χ2v) is 11.4. The van der Waals surface area contributed by atoms with E-state index < -0.39 is 15.9 Å². The van der Waals surface area contributed by atoms with Gasteiger partial charge in [-0.1, -0.05) is 32.9 Å². The molecule has 174 valence electrons. The average molecular weight is 462 g/mol. The summed E-state index contributed by atoms with van der Waals surface area (Å²) in [5, 5.41) is 0. The molecule has 0 radical (unpaired) electrons. The minimum Gasteiger partial charge on any atom is -0.378 e. The van der Waals surface area contributed by atoms with Gasteiger partial charge in [-0.3, -0.25) is 4.90 Å². The molecule has 0 bridgehead atoms. The van der Waals surface area contributed by atoms with Crippen LogP contribution in [0, 0.1) is 5.41 Å². The van der Waals surface area contributed by atoms with Gasteiger partial charge in [0.1, 0.15) is 5.82 Å². The first-order chi connectivity index (χ1) is 14.9. The van der Waals surface area contributed by atoms with E-state index in [4.69, 9.17) is 15.5 Å². The first-order valence-electron chi connectivity index (χ1n) is 10.5. The van der Waals surface area contributed by atoms with Crippen molar-refractivity contribution in [3.8, 4) is 11.4 Å². The second kappa shape index (κ2) is 9.41. The molecular formula is C22H31N5O4S. The number of ether oxygens (including phenoxy) is 1. The number of anilines is 2. The number of carbonyl (C=O) groups is 1. The third-order valence-corrected chi connectivity index (χ3v) is 5.67. The molecule has 0 unspecified atom stereocenters. The Balaban J connectivity index is 2.14. The number of sulfone groups is 1. The fourth-order valence-electron chi connectivity index (χ4n) is 3.55. The predicted octanol–water partition coefficient (Wildman–Crippen LogP) is 2.46. The van der Waals surface area contributed by atoms with Gasteiger partial charge in [-0.15, -0.1) is 0 Å². The van der Waals surface area contributed by atoms with Gasteiger partial charge in [0, 0.05) is 37.5 Å². The van der Waals surface area contributed by atoms with Crippen molar-refractivity contribution in [2.45, 2.75) is 26.5 Å². The molecule has 0 atom stereocenters. The highest BCUT2D eigenvalue weighted by atomic mass is 32.2. The van der Waals surface area contributed by atoms with Gasteiger partial charge >= 0.3 is 6.03 Å². The number of morpholine rings is 1. The Morgan fingerprint density at radius 1 is 1.19 bits per heavy atom. The molecule has 0 aliphatic carbocycles. The minimum absolute atomic E-state index is 0.194. The van der Waals surface area contributed by atoms with E-state index >= 15 is 0 Å². The number of hydrogen-bond donors (Lipinski definition) is 1. The van der Waals surface area contributed by atoms with Crippen LogP contribution in [0.15, 0.2) is 30.3 Å². The van der Waals surface area contributed by atoms with Crippen LogP contribution in [0.5, 0.6) is 0 Å². The molecule has 1 saturated heterocycles. The second-order valence-electron chi connectivity index (χ2n) is 9.21. The summed E-state index contributed by atoms with van der Waals surface area (Å²) in [7, 11) is -3.31. The number of urea groups is 1. The summed E-state index contributed by atoms with van der Waals surface area (Å²) in [5.41, 5.74) is 7.13. The molecule has 1 aliphatic rings. The van der Waals surface area contributed by atoms with E-state index in [1.165, 1.54) is 11.2 Å². The molecule has 2 heterocycles. The molecule has 10 heteroatoms. The Labute approximate surface area is 189 Å². The van der Waals surface area contributed by atoms with Crippen molar-refractivity contribution in [3.63, 3.8) is 0 Å². The third kappa shape index (κ3) is 6.39. The van der Waals surface area contributed by atoms with Crippen LogP contribution in [0.4, 0.5) is 16.3 Å². The van der Waals surface area contributed by atoms with Crippen molar-refractivity contribution >= 4 is 27.4 Å². The fourth-order valence-corrected chi connectivity index (χ4v) is 4.24. The predicted molar refractivity (Wildman–Crippen MR) is 125 cm³/mol. The van der Waals surface area contributed by atoms with Crippen LogP contribution < -0.4 is 15.5 Å². The van der Waals surface area contributed by atoms with Gasteiger partial charge < -0.3 is 15.4 Å². The number of nitrogens with two attached hydrogens (primary N) is 1. The molecule has 2 N–H and O–H groups in total. The van der Waals surface area contributed by atoms with E-state index in [0.29, 0.717) is 61.4 Å². The molecule has 1 aromatic carbocycles. The van der Waals surface area contributed by atoms with Crippen LogP contribution in [0.25, 0.3) is 11.4 Å². The highest BCUT2D eigenvalue weighted by Crippen LogP contribution is 2.32. The van der Waals surface area contributed by atoms with Gasteiger partial charge in [0.05, 0.1) is 30.3 Å². The SMILES string of the molecule is CC(C)(C)CN(C(N)=O)c1ccccc1-c1nc(CS(C)(=O)=O)cc(N2CCOCC2)n1. The zero-order valence-corrected chi connectivity index (χ0v) is 19.9. The van der Waals surface area contributed by atoms with Gasteiger partial charge in [-0.2, -0.15) is 0 Å². The lowest BCUT2D eigenvalue weighted by Crippen LogP contribution is -2.41. The summed E-state index contributed by atoms with van der Waals surface area (Å²) in [4.78, 5) is 25.2. The lowest BCUT2D eigenvalue weighted by molar-refractivity contribution is 0.122. The minimum atomic E-state index is -3.31. The number of primary amides is 1. The lowest BCUT2D eigenvalue weighted by atomic mass is 9.95. The molecule has 1 aromatic heterocycles. The molecule has 0 saturated carbocycles. The zero-order chi connectivity index (χ0) is 23.5. The third-order valence-electron chi connectivity index (χ3n) is 4.85. The average Bonchev–Trinajstić information content (AvgIpc) is 2.70. The van der Waals surface area contributed by atoms with Crippen LogP contribution in [-0.2, 0) is 20.3 Å². The van der Waals surface area contributed by atoms with Crippen molar-refractivity contribution in [1.82, 2.24) is 9.97 Å². The van der Waals surface area contributed by atoms with Crippen LogP contribution >= 0.6 is 0 Å². The van der Waals surface area contributed by atoms with Crippen LogP contribution in [0.1, 0.15) is 26.5 Å². The standard InChI is InChI=1S/C22H31N5O4S/c1-22(2,3)15-27(21(23)28)18-8-6-5-7-17(18)20-24-16(14-32(4,29)30)13-19(25-20)26-9-11-31-12-10-26/h5-8,13H,9-12,14-15H2,1-4H3,(H2,23,28). The van der Waals surface area contributed by atoms with Gasteiger partial charge in [0.15, 0.2) is 15.7 Å². The summed E-state index contributed by atoms with van der Waals surface area (Å²) >= 11 is 0. The van der Waals surface area contributed by atoms with Crippen LogP contribution in [0.2, 0.25) is 0 Å². The zero-order valence-electron chi connectivity index (χ0n) is 19.0. The van der Waals surface area contributed by atoms with E-state index in [1.807, 2.05) is 43.9 Å². The van der Waals surface area contributed by atoms with Crippen molar-refractivity contribution in [2.24, 2.45) is 11.1 Å². The van der Waals surface area contributed by atoms with E-state index in [2.05, 4.69) is 4.98 Å². The van der Waals surface area contributed by atoms with E-state index in [9.17, 15) is 13.2 Å². The quantitative estimate of drug-likeness (QED) is 0.702. The highest BCUT2D eigenvalue weighted by Gasteiger charge is 2.25. The number of rotatable bonds is 6. The Bertz CT molecular complexity index is 1080. The number of nitrogens with zero attached hydrogens (tertiary/aromatic N) is 4. The molecule has 0 spiro atoms. The summed E-state index contributed by atoms with van der Waals surface area (Å²) in [6.07, 6.45) is 1.18. The normalized spacial score (nSPS) is 14.9. The number of amides is 2. The Morgan fingerprint density at radius 3 is 2.44 bits per heavy atom. The maximum Gasteiger partial charge on any atom is 0.319 e. The first-order valence-corrected chi connectivity index (χ1v) is 12.5.